The fourth-order valence-electron chi connectivity index (χ4n) is 1.70. The largest absolute Gasteiger partial charge is 0.317 e. The van der Waals surface area contributed by atoms with Crippen molar-refractivity contribution in [1.82, 2.24) is 5.32 Å². The molecule has 0 saturated carbocycles. The fraction of sp³-hybridized carbons (Fsp3) is 1.00. The maximum atomic E-state index is 3.41. The van der Waals surface area contributed by atoms with Crippen molar-refractivity contribution in [2.75, 3.05) is 7.05 Å². The number of nitrogens with one attached hydrogen (secondary N) is 1. The molecule has 1 heteroatoms. The second kappa shape index (κ2) is 10.0. The highest BCUT2D eigenvalue weighted by atomic mass is 14.9. The Morgan fingerprint density at radius 2 is 1.46 bits per heavy atom. The van der Waals surface area contributed by atoms with Crippen LogP contribution < -0.4 is 5.32 Å². The number of rotatable bonds is 9. The van der Waals surface area contributed by atoms with E-state index in [4.69, 9.17) is 0 Å². The third kappa shape index (κ3) is 8.29. The molecule has 0 aliphatic heterocycles. The Bertz CT molecular complexity index is 91.1. The Labute approximate surface area is 84.3 Å². The lowest BCUT2D eigenvalue weighted by atomic mass is 10.0. The lowest BCUT2D eigenvalue weighted by molar-refractivity contribution is 0.448. The van der Waals surface area contributed by atoms with Gasteiger partial charge in [-0.3, -0.25) is 0 Å². The van der Waals surface area contributed by atoms with Gasteiger partial charge in [0.25, 0.3) is 0 Å². The predicted octanol–water partition coefficient (Wildman–Crippen LogP) is 3.74. The van der Waals surface area contributed by atoms with Gasteiger partial charge in [-0.25, -0.2) is 0 Å². The van der Waals surface area contributed by atoms with Gasteiger partial charge in [0.05, 0.1) is 0 Å². The molecule has 80 valence electrons. The summed E-state index contributed by atoms with van der Waals surface area (Å²) in [7, 11) is 2.10. The van der Waals surface area contributed by atoms with Gasteiger partial charge in [-0.2, -0.15) is 0 Å². The summed E-state index contributed by atoms with van der Waals surface area (Å²) in [5, 5.41) is 3.41. The maximum absolute atomic E-state index is 3.41. The average molecular weight is 185 g/mol. The average Bonchev–Trinajstić information content (AvgIpc) is 2.17. The standard InChI is InChI=1S/C12H27N/c1-4-6-8-9-11-12(13-3)10-7-5-2/h12-13H,4-11H2,1-3H3. The molecule has 0 aromatic heterocycles. The Morgan fingerprint density at radius 1 is 0.846 bits per heavy atom. The molecule has 0 rings (SSSR count). The summed E-state index contributed by atoms with van der Waals surface area (Å²) in [5.74, 6) is 0. The lowest BCUT2D eigenvalue weighted by Gasteiger charge is -2.15. The lowest BCUT2D eigenvalue weighted by Crippen LogP contribution is -2.24. The fourth-order valence-corrected chi connectivity index (χ4v) is 1.70. The molecule has 0 aliphatic carbocycles. The van der Waals surface area contributed by atoms with Gasteiger partial charge in [-0.1, -0.05) is 52.4 Å². The molecule has 1 atom stereocenters. The summed E-state index contributed by atoms with van der Waals surface area (Å²) in [4.78, 5) is 0. The van der Waals surface area contributed by atoms with Crippen molar-refractivity contribution in [3.63, 3.8) is 0 Å². The van der Waals surface area contributed by atoms with Gasteiger partial charge < -0.3 is 5.32 Å². The van der Waals surface area contributed by atoms with Crippen LogP contribution in [0.2, 0.25) is 0 Å². The van der Waals surface area contributed by atoms with E-state index in [0.717, 1.165) is 6.04 Å². The third-order valence-corrected chi connectivity index (χ3v) is 2.72. The minimum atomic E-state index is 0.775. The van der Waals surface area contributed by atoms with Gasteiger partial charge >= 0.3 is 0 Å². The maximum Gasteiger partial charge on any atom is 0.00640 e. The van der Waals surface area contributed by atoms with Crippen LogP contribution in [0.3, 0.4) is 0 Å². The highest BCUT2D eigenvalue weighted by Gasteiger charge is 2.03. The summed E-state index contributed by atoms with van der Waals surface area (Å²) >= 11 is 0. The van der Waals surface area contributed by atoms with Crippen molar-refractivity contribution < 1.29 is 0 Å². The van der Waals surface area contributed by atoms with Crippen LogP contribution >= 0.6 is 0 Å². The van der Waals surface area contributed by atoms with Crippen LogP contribution in [0.4, 0.5) is 0 Å². The molecule has 0 amide bonds. The van der Waals surface area contributed by atoms with E-state index in [1.807, 2.05) is 0 Å². The molecule has 1 unspecified atom stereocenters. The zero-order chi connectivity index (χ0) is 9.94. The molecule has 13 heavy (non-hydrogen) atoms. The Morgan fingerprint density at radius 3 is 2.00 bits per heavy atom. The van der Waals surface area contributed by atoms with E-state index in [1.54, 1.807) is 0 Å². The van der Waals surface area contributed by atoms with Gasteiger partial charge in [-0.05, 0) is 19.9 Å². The molecule has 0 saturated heterocycles. The Kier molecular flexibility index (Phi) is 10.0. The Balaban J connectivity index is 3.25. The smallest absolute Gasteiger partial charge is 0.00640 e. The van der Waals surface area contributed by atoms with Crippen molar-refractivity contribution in [2.45, 2.75) is 71.3 Å². The molecule has 0 fully saturated rings. The molecular weight excluding hydrogens is 158 g/mol. The summed E-state index contributed by atoms with van der Waals surface area (Å²) < 4.78 is 0. The van der Waals surface area contributed by atoms with Crippen molar-refractivity contribution in [2.24, 2.45) is 0 Å². The summed E-state index contributed by atoms with van der Waals surface area (Å²) in [6.07, 6.45) is 11.0. The van der Waals surface area contributed by atoms with E-state index in [2.05, 4.69) is 26.2 Å². The van der Waals surface area contributed by atoms with E-state index in [1.165, 1.54) is 51.4 Å². The number of hydrogen-bond acceptors (Lipinski definition) is 1. The molecular formula is C12H27N. The van der Waals surface area contributed by atoms with Gasteiger partial charge in [0.1, 0.15) is 0 Å². The molecule has 0 aromatic rings. The monoisotopic (exact) mass is 185 g/mol. The molecule has 0 aliphatic rings. The number of hydrogen-bond donors (Lipinski definition) is 1. The Hall–Kier alpha value is -0.0400. The highest BCUT2D eigenvalue weighted by molar-refractivity contribution is 4.64. The molecule has 0 radical (unpaired) electrons. The van der Waals surface area contributed by atoms with Crippen LogP contribution in [0.15, 0.2) is 0 Å². The van der Waals surface area contributed by atoms with Crippen LogP contribution in [0.5, 0.6) is 0 Å². The number of unbranched alkanes of at least 4 members (excludes halogenated alkanes) is 4. The third-order valence-electron chi connectivity index (χ3n) is 2.72. The second-order valence-corrected chi connectivity index (χ2v) is 3.98. The molecule has 0 aromatic carbocycles. The summed E-state index contributed by atoms with van der Waals surface area (Å²) in [5.41, 5.74) is 0. The van der Waals surface area contributed by atoms with Gasteiger partial charge in [0, 0.05) is 6.04 Å². The summed E-state index contributed by atoms with van der Waals surface area (Å²) in [6, 6.07) is 0.775. The first-order valence-corrected chi connectivity index (χ1v) is 6.02. The van der Waals surface area contributed by atoms with E-state index in [0.29, 0.717) is 0 Å². The van der Waals surface area contributed by atoms with Gasteiger partial charge in [0.2, 0.25) is 0 Å². The second-order valence-electron chi connectivity index (χ2n) is 3.98. The van der Waals surface area contributed by atoms with Crippen LogP contribution in [0.1, 0.15) is 65.2 Å². The van der Waals surface area contributed by atoms with E-state index >= 15 is 0 Å². The quantitative estimate of drug-likeness (QED) is 0.540. The minimum Gasteiger partial charge on any atom is -0.317 e. The van der Waals surface area contributed by atoms with E-state index in [9.17, 15) is 0 Å². The first-order chi connectivity index (χ1) is 6.35. The molecule has 1 N–H and O–H groups in total. The van der Waals surface area contributed by atoms with Crippen LogP contribution in [-0.4, -0.2) is 13.1 Å². The topological polar surface area (TPSA) is 12.0 Å². The first-order valence-electron chi connectivity index (χ1n) is 6.02. The molecule has 0 spiro atoms. The predicted molar refractivity (Wildman–Crippen MR) is 61.1 cm³/mol. The zero-order valence-corrected chi connectivity index (χ0v) is 9.73. The molecule has 1 nitrogen and oxygen atoms in total. The van der Waals surface area contributed by atoms with Crippen molar-refractivity contribution in [3.05, 3.63) is 0 Å². The molecule has 0 heterocycles. The molecule has 0 bridgehead atoms. The minimum absolute atomic E-state index is 0.775. The van der Waals surface area contributed by atoms with Crippen molar-refractivity contribution in [1.29, 1.82) is 0 Å². The van der Waals surface area contributed by atoms with Crippen molar-refractivity contribution in [3.8, 4) is 0 Å². The van der Waals surface area contributed by atoms with Crippen molar-refractivity contribution >= 4 is 0 Å². The van der Waals surface area contributed by atoms with Crippen LogP contribution in [-0.2, 0) is 0 Å². The zero-order valence-electron chi connectivity index (χ0n) is 9.73. The van der Waals surface area contributed by atoms with E-state index in [-0.39, 0.29) is 0 Å². The highest BCUT2D eigenvalue weighted by Crippen LogP contribution is 2.10. The van der Waals surface area contributed by atoms with E-state index < -0.39 is 0 Å². The van der Waals surface area contributed by atoms with Gasteiger partial charge in [0.15, 0.2) is 0 Å². The van der Waals surface area contributed by atoms with Crippen LogP contribution in [0.25, 0.3) is 0 Å². The SMILES string of the molecule is CCCCCCC(CCCC)NC. The van der Waals surface area contributed by atoms with Gasteiger partial charge in [-0.15, -0.1) is 0 Å². The first kappa shape index (κ1) is 13.0. The van der Waals surface area contributed by atoms with Crippen LogP contribution in [0, 0.1) is 0 Å². The summed E-state index contributed by atoms with van der Waals surface area (Å²) in [6.45, 7) is 4.54. The normalized spacial score (nSPS) is 13.2.